The van der Waals surface area contributed by atoms with Gasteiger partial charge in [-0.3, -0.25) is 0 Å². The van der Waals surface area contributed by atoms with Gasteiger partial charge in [-0.2, -0.15) is 0 Å². The smallest absolute Gasteiger partial charge is 0.235 e. The first-order chi connectivity index (χ1) is 6.70. The Labute approximate surface area is 89.4 Å². The summed E-state index contributed by atoms with van der Waals surface area (Å²) in [5.74, 6) is 0.324. The van der Waals surface area contributed by atoms with Crippen molar-refractivity contribution in [1.82, 2.24) is 0 Å². The van der Waals surface area contributed by atoms with E-state index in [0.717, 1.165) is 0 Å². The Morgan fingerprint density at radius 1 is 1.64 bits per heavy atom. The molecule has 74 valence electrons. The van der Waals surface area contributed by atoms with Crippen LogP contribution in [0.4, 0.5) is 0 Å². The third-order valence-electron chi connectivity index (χ3n) is 1.68. The number of aromatic hydroxyl groups is 1. The van der Waals surface area contributed by atoms with Crippen LogP contribution in [0, 0.1) is 0 Å². The van der Waals surface area contributed by atoms with Crippen LogP contribution in [-0.2, 0) is 11.3 Å². The maximum absolute atomic E-state index is 9.93. The summed E-state index contributed by atoms with van der Waals surface area (Å²) in [6.45, 7) is 0.146. The first kappa shape index (κ1) is 10.8. The van der Waals surface area contributed by atoms with Crippen molar-refractivity contribution in [3.05, 3.63) is 22.2 Å². The van der Waals surface area contributed by atoms with Gasteiger partial charge in [-0.05, 0) is 22.0 Å². The highest BCUT2D eigenvalue weighted by Crippen LogP contribution is 2.37. The fourth-order valence-corrected chi connectivity index (χ4v) is 1.37. The second-order valence-electron chi connectivity index (χ2n) is 2.50. The minimum absolute atomic E-state index is 0.00565. The van der Waals surface area contributed by atoms with Crippen LogP contribution >= 0.6 is 15.9 Å². The summed E-state index contributed by atoms with van der Waals surface area (Å²) < 4.78 is 5.52. The molecule has 0 unspecified atom stereocenters. The van der Waals surface area contributed by atoms with Crippen molar-refractivity contribution in [2.45, 2.75) is 6.54 Å². The number of aliphatic imine (C=N–C) groups is 1. The molecule has 0 aliphatic carbocycles. The van der Waals surface area contributed by atoms with Crippen molar-refractivity contribution in [2.24, 2.45) is 4.99 Å². The van der Waals surface area contributed by atoms with Gasteiger partial charge in [0.25, 0.3) is 0 Å². The normalized spacial score (nSPS) is 9.29. The van der Waals surface area contributed by atoms with Gasteiger partial charge in [-0.1, -0.05) is 6.07 Å². The minimum Gasteiger partial charge on any atom is -0.503 e. The molecule has 14 heavy (non-hydrogen) atoms. The standard InChI is InChI=1S/C9H8BrNO3/c1-14-9-6(4-11-5-12)2-3-7(10)8(9)13/h2-3,13H,4H2,1H3. The number of halogens is 1. The Balaban J connectivity index is 3.16. The van der Waals surface area contributed by atoms with E-state index in [4.69, 9.17) is 4.74 Å². The van der Waals surface area contributed by atoms with Crippen LogP contribution in [0.3, 0.4) is 0 Å². The zero-order valence-electron chi connectivity index (χ0n) is 7.45. The van der Waals surface area contributed by atoms with E-state index in [-0.39, 0.29) is 12.3 Å². The molecule has 0 amide bonds. The van der Waals surface area contributed by atoms with Crippen molar-refractivity contribution in [3.8, 4) is 11.5 Å². The Morgan fingerprint density at radius 2 is 2.36 bits per heavy atom. The molecule has 0 spiro atoms. The van der Waals surface area contributed by atoms with Gasteiger partial charge in [-0.15, -0.1) is 0 Å². The second-order valence-corrected chi connectivity index (χ2v) is 3.35. The molecule has 1 aromatic carbocycles. The average molecular weight is 258 g/mol. The van der Waals surface area contributed by atoms with E-state index in [1.54, 1.807) is 12.1 Å². The van der Waals surface area contributed by atoms with Gasteiger partial charge >= 0.3 is 0 Å². The van der Waals surface area contributed by atoms with Gasteiger partial charge < -0.3 is 9.84 Å². The first-order valence-electron chi connectivity index (χ1n) is 3.78. The Bertz CT molecular complexity index is 386. The predicted octanol–water partition coefficient (Wildman–Crippen LogP) is 2.00. The summed E-state index contributed by atoms with van der Waals surface area (Å²) in [6.07, 6.45) is 1.43. The van der Waals surface area contributed by atoms with Crippen molar-refractivity contribution in [2.75, 3.05) is 7.11 Å². The lowest BCUT2D eigenvalue weighted by atomic mass is 10.2. The molecule has 0 saturated heterocycles. The lowest BCUT2D eigenvalue weighted by Crippen LogP contribution is -1.91. The topological polar surface area (TPSA) is 58.9 Å². The lowest BCUT2D eigenvalue weighted by Gasteiger charge is -2.08. The summed E-state index contributed by atoms with van der Waals surface area (Å²) in [5.41, 5.74) is 0.636. The number of nitrogens with zero attached hydrogens (tertiary/aromatic N) is 1. The molecule has 0 aromatic heterocycles. The molecule has 0 fully saturated rings. The van der Waals surface area contributed by atoms with Crippen LogP contribution in [0.1, 0.15) is 5.56 Å². The molecule has 5 heteroatoms. The fraction of sp³-hybridized carbons (Fsp3) is 0.222. The second kappa shape index (κ2) is 4.79. The molecule has 1 N–H and O–H groups in total. The molecule has 0 radical (unpaired) electrons. The van der Waals surface area contributed by atoms with Crippen molar-refractivity contribution < 1.29 is 14.6 Å². The molecule has 0 aliphatic rings. The number of isocyanates is 1. The number of ether oxygens (including phenoxy) is 1. The largest absolute Gasteiger partial charge is 0.503 e. The number of carbonyl (C=O) groups excluding carboxylic acids is 1. The number of phenols is 1. The SMILES string of the molecule is COc1c(CN=C=O)ccc(Br)c1O. The van der Waals surface area contributed by atoms with E-state index in [1.807, 2.05) is 0 Å². The first-order valence-corrected chi connectivity index (χ1v) is 4.58. The molecule has 0 heterocycles. The van der Waals surface area contributed by atoms with Crippen molar-refractivity contribution in [1.29, 1.82) is 0 Å². The summed E-state index contributed by atoms with van der Waals surface area (Å²) >= 11 is 3.15. The number of rotatable bonds is 3. The van der Waals surface area contributed by atoms with Crippen LogP contribution < -0.4 is 4.74 Å². The third-order valence-corrected chi connectivity index (χ3v) is 2.32. The molecule has 1 aromatic rings. The molecular weight excluding hydrogens is 250 g/mol. The number of methoxy groups -OCH3 is 1. The highest BCUT2D eigenvalue weighted by molar-refractivity contribution is 9.10. The van der Waals surface area contributed by atoms with Gasteiger partial charge in [0.15, 0.2) is 11.5 Å². The van der Waals surface area contributed by atoms with E-state index < -0.39 is 0 Å². The summed E-state index contributed by atoms with van der Waals surface area (Å²) in [7, 11) is 1.44. The number of phenolic OH excluding ortho intramolecular Hbond substituents is 1. The quantitative estimate of drug-likeness (QED) is 0.666. The molecule has 1 rings (SSSR count). The maximum atomic E-state index is 9.93. The zero-order chi connectivity index (χ0) is 10.6. The van der Waals surface area contributed by atoms with E-state index in [1.165, 1.54) is 13.2 Å². The highest BCUT2D eigenvalue weighted by atomic mass is 79.9. The van der Waals surface area contributed by atoms with Gasteiger partial charge in [-0.25, -0.2) is 9.79 Å². The van der Waals surface area contributed by atoms with Crippen LogP contribution in [0.5, 0.6) is 11.5 Å². The average Bonchev–Trinajstić information content (AvgIpc) is 2.20. The van der Waals surface area contributed by atoms with Gasteiger partial charge in [0.1, 0.15) is 0 Å². The molecule has 4 nitrogen and oxygen atoms in total. The van der Waals surface area contributed by atoms with E-state index >= 15 is 0 Å². The Kier molecular flexibility index (Phi) is 3.68. The summed E-state index contributed by atoms with van der Waals surface area (Å²) in [4.78, 5) is 13.3. The molecule has 0 bridgehead atoms. The number of hydrogen-bond acceptors (Lipinski definition) is 4. The third kappa shape index (κ3) is 2.13. The highest BCUT2D eigenvalue weighted by Gasteiger charge is 2.10. The Hall–Kier alpha value is -1.32. The van der Waals surface area contributed by atoms with Crippen LogP contribution in [0.15, 0.2) is 21.6 Å². The monoisotopic (exact) mass is 257 g/mol. The lowest BCUT2D eigenvalue weighted by molar-refractivity contribution is 0.368. The van der Waals surface area contributed by atoms with Gasteiger partial charge in [0.05, 0.1) is 18.1 Å². The fourth-order valence-electron chi connectivity index (χ4n) is 1.06. The van der Waals surface area contributed by atoms with E-state index in [0.29, 0.717) is 15.8 Å². The van der Waals surface area contributed by atoms with Crippen LogP contribution in [0.2, 0.25) is 0 Å². The molecule has 0 atom stereocenters. The summed E-state index contributed by atoms with van der Waals surface area (Å²) in [5, 5.41) is 9.57. The molecular formula is C9H8BrNO3. The Morgan fingerprint density at radius 3 is 2.93 bits per heavy atom. The number of benzene rings is 1. The van der Waals surface area contributed by atoms with Gasteiger partial charge in [0.2, 0.25) is 6.08 Å². The maximum Gasteiger partial charge on any atom is 0.235 e. The summed E-state index contributed by atoms with van der Waals surface area (Å²) in [6, 6.07) is 3.37. The van der Waals surface area contributed by atoms with Gasteiger partial charge in [0, 0.05) is 5.56 Å². The minimum atomic E-state index is 0.00565. The van der Waals surface area contributed by atoms with Crippen molar-refractivity contribution in [3.63, 3.8) is 0 Å². The van der Waals surface area contributed by atoms with E-state index in [2.05, 4.69) is 20.9 Å². The van der Waals surface area contributed by atoms with Crippen LogP contribution in [-0.4, -0.2) is 18.3 Å². The molecule has 0 saturated carbocycles. The molecule has 0 aliphatic heterocycles. The van der Waals surface area contributed by atoms with Crippen LogP contribution in [0.25, 0.3) is 0 Å². The zero-order valence-corrected chi connectivity index (χ0v) is 9.04. The number of hydrogen-bond donors (Lipinski definition) is 1. The van der Waals surface area contributed by atoms with Crippen molar-refractivity contribution >= 4 is 22.0 Å². The van der Waals surface area contributed by atoms with E-state index in [9.17, 15) is 9.90 Å². The predicted molar refractivity (Wildman–Crippen MR) is 54.2 cm³/mol.